The van der Waals surface area contributed by atoms with Gasteiger partial charge in [-0.3, -0.25) is 0 Å². The van der Waals surface area contributed by atoms with Gasteiger partial charge in [0.05, 0.1) is 0 Å². The summed E-state index contributed by atoms with van der Waals surface area (Å²) in [4.78, 5) is 0. The summed E-state index contributed by atoms with van der Waals surface area (Å²) in [5.41, 5.74) is 1.10. The molecule has 0 bridgehead atoms. The third kappa shape index (κ3) is 8.17. The SMILES string of the molecule is C=C(NC[CH2][Tl])C(C)NC(C)(C)I. The van der Waals surface area contributed by atoms with Crippen LogP contribution < -0.4 is 10.6 Å². The number of hydrogen-bond acceptors (Lipinski definition) is 2. The molecule has 0 saturated carbocycles. The van der Waals surface area contributed by atoms with Gasteiger partial charge in [-0.25, -0.2) is 0 Å². The van der Waals surface area contributed by atoms with Crippen molar-refractivity contribution in [1.29, 1.82) is 0 Å². The van der Waals surface area contributed by atoms with Crippen molar-refractivity contribution in [2.24, 2.45) is 0 Å². The Labute approximate surface area is 111 Å². The number of hydrogen-bond donors (Lipinski definition) is 2. The molecule has 0 aliphatic carbocycles. The van der Waals surface area contributed by atoms with Crippen molar-refractivity contribution in [2.75, 3.05) is 6.54 Å². The van der Waals surface area contributed by atoms with Crippen LogP contribution in [-0.4, -0.2) is 41.9 Å². The molecular weight excluding hydrogens is 467 g/mol. The Balaban J connectivity index is 3.83. The van der Waals surface area contributed by atoms with E-state index < -0.39 is 0 Å². The fourth-order valence-corrected chi connectivity index (χ4v) is 2.02. The summed E-state index contributed by atoms with van der Waals surface area (Å²) in [6.07, 6.45) is 0. The first-order valence-corrected chi connectivity index (χ1v) is 8.71. The van der Waals surface area contributed by atoms with E-state index in [2.05, 4.69) is 60.6 Å². The van der Waals surface area contributed by atoms with Crippen LogP contribution in [0.15, 0.2) is 12.3 Å². The standard InChI is InChI=1S/C9H18IN2.Tl/c1-6-11-7(2)8(3)12-9(4,5)10;/h8,11-12H,1-2,6H2,3-5H3;. The first-order chi connectivity index (χ1) is 5.87. The van der Waals surface area contributed by atoms with E-state index in [1.807, 2.05) is 0 Å². The van der Waals surface area contributed by atoms with Crippen LogP contribution in [0.5, 0.6) is 0 Å². The minimum absolute atomic E-state index is 0.129. The molecule has 13 heavy (non-hydrogen) atoms. The zero-order chi connectivity index (χ0) is 10.5. The Hall–Kier alpha value is 1.15. The van der Waals surface area contributed by atoms with E-state index in [0.29, 0.717) is 6.04 Å². The van der Waals surface area contributed by atoms with Crippen LogP contribution in [0.2, 0.25) is 3.98 Å². The van der Waals surface area contributed by atoms with Gasteiger partial charge in [0.15, 0.2) is 0 Å². The van der Waals surface area contributed by atoms with E-state index in [4.69, 9.17) is 0 Å². The van der Waals surface area contributed by atoms with E-state index in [9.17, 15) is 0 Å². The molecule has 0 rings (SSSR count). The number of nitrogens with one attached hydrogen (secondary N) is 2. The summed E-state index contributed by atoms with van der Waals surface area (Å²) >= 11 is 3.47. The van der Waals surface area contributed by atoms with E-state index in [1.54, 1.807) is 0 Å². The average Bonchev–Trinajstić information content (AvgIpc) is 1.96. The first kappa shape index (κ1) is 14.2. The predicted octanol–water partition coefficient (Wildman–Crippen LogP) is 1.83. The Bertz CT molecular complexity index is 165. The van der Waals surface area contributed by atoms with Crippen LogP contribution in [0.1, 0.15) is 20.8 Å². The molecule has 0 saturated heterocycles. The molecule has 2 nitrogen and oxygen atoms in total. The Morgan fingerprint density at radius 3 is 2.54 bits per heavy atom. The van der Waals surface area contributed by atoms with Gasteiger partial charge in [0.1, 0.15) is 0 Å². The Morgan fingerprint density at radius 1 is 1.62 bits per heavy atom. The summed E-state index contributed by atoms with van der Waals surface area (Å²) in [5, 5.41) is 6.80. The van der Waals surface area contributed by atoms with Crippen LogP contribution >= 0.6 is 22.6 Å². The van der Waals surface area contributed by atoms with Gasteiger partial charge in [-0.15, -0.1) is 0 Å². The number of halogens is 1. The van der Waals surface area contributed by atoms with E-state index in [1.165, 1.54) is 3.98 Å². The van der Waals surface area contributed by atoms with Crippen molar-refractivity contribution in [3.8, 4) is 0 Å². The second-order valence-corrected chi connectivity index (χ2v) is 8.52. The van der Waals surface area contributed by atoms with Gasteiger partial charge >= 0.3 is 112 Å². The molecule has 74 valence electrons. The summed E-state index contributed by atoms with van der Waals surface area (Å²) in [7, 11) is 0. The molecular formula is C9H18IN2Tl. The minimum atomic E-state index is 0.129. The van der Waals surface area contributed by atoms with Gasteiger partial charge in [0.25, 0.3) is 0 Å². The predicted molar refractivity (Wildman–Crippen MR) is 68.4 cm³/mol. The van der Waals surface area contributed by atoms with E-state index >= 15 is 0 Å². The normalized spacial score (nSPS) is 13.8. The van der Waals surface area contributed by atoms with Crippen molar-refractivity contribution in [1.82, 2.24) is 10.6 Å². The van der Waals surface area contributed by atoms with E-state index in [0.717, 1.165) is 38.0 Å². The molecule has 0 heterocycles. The van der Waals surface area contributed by atoms with Gasteiger partial charge in [-0.2, -0.15) is 0 Å². The van der Waals surface area contributed by atoms with Crippen LogP contribution in [0, 0.1) is 0 Å². The molecule has 0 spiro atoms. The van der Waals surface area contributed by atoms with Gasteiger partial charge < -0.3 is 0 Å². The molecule has 0 aromatic rings. The average molecular weight is 486 g/mol. The molecule has 1 unspecified atom stereocenters. The number of alkyl halides is 1. The summed E-state index contributed by atoms with van der Waals surface area (Å²) < 4.78 is 1.43. The maximum atomic E-state index is 4.02. The quantitative estimate of drug-likeness (QED) is 0.260. The summed E-state index contributed by atoms with van der Waals surface area (Å²) in [6.45, 7) is 11.6. The van der Waals surface area contributed by atoms with Crippen molar-refractivity contribution >= 4 is 48.4 Å². The van der Waals surface area contributed by atoms with Crippen LogP contribution in [0.3, 0.4) is 0 Å². The molecule has 0 amide bonds. The Kier molecular flexibility index (Phi) is 7.19. The van der Waals surface area contributed by atoms with Gasteiger partial charge in [-0.05, 0) is 0 Å². The summed E-state index contributed by atoms with van der Waals surface area (Å²) in [6, 6.07) is 0.337. The molecule has 0 aliphatic heterocycles. The van der Waals surface area contributed by atoms with Crippen molar-refractivity contribution in [2.45, 2.75) is 34.3 Å². The fourth-order valence-electron chi connectivity index (χ4n) is 0.988. The molecule has 0 aromatic carbocycles. The van der Waals surface area contributed by atoms with Gasteiger partial charge in [0, 0.05) is 0 Å². The zero-order valence-electron chi connectivity index (χ0n) is 8.65. The van der Waals surface area contributed by atoms with E-state index in [-0.39, 0.29) is 3.55 Å². The molecule has 1 atom stereocenters. The molecule has 2 N–H and O–H groups in total. The van der Waals surface area contributed by atoms with Gasteiger partial charge in [-0.1, -0.05) is 0 Å². The number of rotatable bonds is 6. The topological polar surface area (TPSA) is 24.1 Å². The first-order valence-electron chi connectivity index (χ1n) is 4.46. The molecule has 4 heteroatoms. The molecule has 0 fully saturated rings. The second-order valence-electron chi connectivity index (χ2n) is 3.58. The van der Waals surface area contributed by atoms with Crippen molar-refractivity contribution < 1.29 is 0 Å². The fraction of sp³-hybridized carbons (Fsp3) is 0.778. The third-order valence-electron chi connectivity index (χ3n) is 1.58. The third-order valence-corrected chi connectivity index (χ3v) is 3.01. The maximum absolute atomic E-state index is 4.02. The van der Waals surface area contributed by atoms with Crippen LogP contribution in [-0.2, 0) is 0 Å². The summed E-state index contributed by atoms with van der Waals surface area (Å²) in [5.74, 6) is 0. The molecule has 0 aromatic heterocycles. The molecule has 0 aliphatic rings. The van der Waals surface area contributed by atoms with Crippen molar-refractivity contribution in [3.05, 3.63) is 12.3 Å². The van der Waals surface area contributed by atoms with Crippen LogP contribution in [0.4, 0.5) is 0 Å². The second kappa shape index (κ2) is 6.60. The zero-order valence-corrected chi connectivity index (χ0v) is 15.3. The molecule has 0 radical (unpaired) electrons. The van der Waals surface area contributed by atoms with Crippen molar-refractivity contribution in [3.63, 3.8) is 0 Å². The van der Waals surface area contributed by atoms with Crippen LogP contribution in [0.25, 0.3) is 0 Å². The van der Waals surface area contributed by atoms with Gasteiger partial charge in [0.2, 0.25) is 0 Å². The monoisotopic (exact) mass is 486 g/mol. The Morgan fingerprint density at radius 2 is 2.15 bits per heavy atom.